The summed E-state index contributed by atoms with van der Waals surface area (Å²) in [4.78, 5) is 34.5. The molecule has 376 valence electrons. The van der Waals surface area contributed by atoms with Gasteiger partial charge in [0.1, 0.15) is 13.5 Å². The van der Waals surface area contributed by atoms with Gasteiger partial charge in [0.15, 0.2) is 11.2 Å². The highest BCUT2D eigenvalue weighted by atomic mass is 16.5. The number of nitrogens with zero attached hydrogens (tertiary/aromatic N) is 2. The molecule has 6 aliphatic rings. The lowest BCUT2D eigenvalue weighted by atomic mass is 9.59. The van der Waals surface area contributed by atoms with Crippen LogP contribution in [-0.4, -0.2) is 150 Å². The van der Waals surface area contributed by atoms with E-state index in [1.165, 1.54) is 45.4 Å². The fourth-order valence-corrected chi connectivity index (χ4v) is 13.7. The number of ketones is 1. The van der Waals surface area contributed by atoms with Crippen molar-refractivity contribution in [1.29, 1.82) is 0 Å². The predicted octanol–water partition coefficient (Wildman–Crippen LogP) is 5.40. The SMILES string of the molecule is COCNC1CC(N(COC)COC)CC(N(COC)CC2(C(C)=O)C(=O)OCCCCCCOC23CCC(C2NC(C4CCC(C)CC4C)NC(C4CCC(C)CC4C)N2)C(O)C3)C1. The van der Waals surface area contributed by atoms with Gasteiger partial charge in [-0.1, -0.05) is 47.0 Å². The van der Waals surface area contributed by atoms with Crippen LogP contribution in [0, 0.1) is 46.8 Å². The van der Waals surface area contributed by atoms with Gasteiger partial charge in [0, 0.05) is 72.1 Å². The van der Waals surface area contributed by atoms with Gasteiger partial charge in [0.05, 0.1) is 50.3 Å². The number of hydrogen-bond acceptors (Lipinski definition) is 15. The minimum Gasteiger partial charge on any atom is -0.465 e. The first-order chi connectivity index (χ1) is 31.3. The van der Waals surface area contributed by atoms with Gasteiger partial charge in [0.25, 0.3) is 0 Å². The van der Waals surface area contributed by atoms with Gasteiger partial charge < -0.3 is 33.5 Å². The third-order valence-electron chi connectivity index (χ3n) is 17.2. The van der Waals surface area contributed by atoms with Crippen molar-refractivity contribution in [2.45, 2.75) is 186 Å². The Hall–Kier alpha value is -1.34. The molecule has 15 atom stereocenters. The molecule has 2 aliphatic heterocycles. The van der Waals surface area contributed by atoms with E-state index in [1.807, 2.05) is 0 Å². The van der Waals surface area contributed by atoms with Crippen LogP contribution in [0.15, 0.2) is 0 Å². The van der Waals surface area contributed by atoms with E-state index < -0.39 is 23.1 Å². The van der Waals surface area contributed by atoms with Crippen LogP contribution in [0.2, 0.25) is 0 Å². The Bertz CT molecular complexity index is 1430. The zero-order chi connectivity index (χ0) is 46.7. The summed E-state index contributed by atoms with van der Waals surface area (Å²) in [6.45, 7) is 13.2. The number of Topliss-reactive ketones (excluding diaryl/α,β-unsaturated/α-hetero) is 1. The summed E-state index contributed by atoms with van der Waals surface area (Å²) >= 11 is 0. The highest BCUT2D eigenvalue weighted by Crippen LogP contribution is 2.51. The third kappa shape index (κ3) is 12.7. The minimum absolute atomic E-state index is 0.0410. The number of nitrogens with one attached hydrogen (secondary N) is 4. The first-order valence-electron chi connectivity index (χ1n) is 25.7. The summed E-state index contributed by atoms with van der Waals surface area (Å²) in [5, 5.41) is 28.6. The second-order valence-electron chi connectivity index (χ2n) is 21.8. The molecule has 15 unspecified atom stereocenters. The second kappa shape index (κ2) is 25.0. The lowest BCUT2D eigenvalue weighted by Gasteiger charge is -2.56. The molecule has 0 aromatic heterocycles. The van der Waals surface area contributed by atoms with Crippen molar-refractivity contribution in [3.63, 3.8) is 0 Å². The lowest BCUT2D eigenvalue weighted by Crippen LogP contribution is -2.75. The molecule has 15 heteroatoms. The maximum absolute atomic E-state index is 15.2. The van der Waals surface area contributed by atoms with Crippen molar-refractivity contribution in [1.82, 2.24) is 31.1 Å². The van der Waals surface area contributed by atoms with Crippen molar-refractivity contribution in [2.75, 3.05) is 75.1 Å². The van der Waals surface area contributed by atoms with Crippen LogP contribution in [0.25, 0.3) is 0 Å². The molecule has 2 saturated heterocycles. The number of carbonyl (C=O) groups is 2. The van der Waals surface area contributed by atoms with Crippen LogP contribution in [0.3, 0.4) is 0 Å². The van der Waals surface area contributed by atoms with Crippen molar-refractivity contribution >= 4 is 11.8 Å². The quantitative estimate of drug-likeness (QED) is 0.0716. The first-order valence-corrected chi connectivity index (χ1v) is 25.7. The minimum atomic E-state index is -1.73. The number of aliphatic hydroxyl groups excluding tert-OH is 1. The molecule has 65 heavy (non-hydrogen) atoms. The maximum atomic E-state index is 15.2. The normalized spacial score (nSPS) is 41.6. The van der Waals surface area contributed by atoms with E-state index in [4.69, 9.17) is 28.4 Å². The molecule has 4 saturated carbocycles. The van der Waals surface area contributed by atoms with Crippen LogP contribution in [0.4, 0.5) is 0 Å². The van der Waals surface area contributed by atoms with Gasteiger partial charge in [0.2, 0.25) is 0 Å². The topological polar surface area (TPSA) is 164 Å². The number of cyclic esters (lactones) is 1. The number of aliphatic hydroxyl groups is 1. The Morgan fingerprint density at radius 3 is 1.77 bits per heavy atom. The summed E-state index contributed by atoms with van der Waals surface area (Å²) in [6.07, 6.45) is 13.3. The number of methoxy groups -OCH3 is 4. The van der Waals surface area contributed by atoms with Crippen LogP contribution in [-0.2, 0) is 38.0 Å². The molecule has 0 amide bonds. The number of ether oxygens (including phenoxy) is 6. The fourth-order valence-electron chi connectivity index (χ4n) is 13.7. The lowest BCUT2D eigenvalue weighted by molar-refractivity contribution is -0.214. The van der Waals surface area contributed by atoms with E-state index in [0.717, 1.165) is 56.8 Å². The average molecular weight is 921 g/mol. The number of rotatable bonds is 17. The van der Waals surface area contributed by atoms with Crippen molar-refractivity contribution in [2.24, 2.45) is 46.8 Å². The van der Waals surface area contributed by atoms with Gasteiger partial charge in [-0.25, -0.2) is 0 Å². The molecule has 1 spiro atoms. The Morgan fingerprint density at radius 1 is 0.708 bits per heavy atom. The number of esters is 1. The Labute approximate surface area is 392 Å². The van der Waals surface area contributed by atoms with Crippen molar-refractivity contribution in [3.05, 3.63) is 0 Å². The van der Waals surface area contributed by atoms with E-state index in [-0.39, 0.29) is 74.6 Å². The zero-order valence-corrected chi connectivity index (χ0v) is 42.0. The molecular weight excluding hydrogens is 829 g/mol. The smallest absolute Gasteiger partial charge is 0.323 e. The Morgan fingerprint density at radius 2 is 1.25 bits per heavy atom. The van der Waals surface area contributed by atoms with Crippen molar-refractivity contribution in [3.8, 4) is 0 Å². The Balaban J connectivity index is 1.34. The second-order valence-corrected chi connectivity index (χ2v) is 21.8. The van der Waals surface area contributed by atoms with Crippen LogP contribution < -0.4 is 21.3 Å². The molecule has 0 aromatic carbocycles. The molecule has 0 bridgehead atoms. The highest BCUT2D eigenvalue weighted by Gasteiger charge is 2.65. The summed E-state index contributed by atoms with van der Waals surface area (Å²) in [5.74, 6) is 2.58. The fraction of sp³-hybridized carbons (Fsp3) is 0.960. The Kier molecular flexibility index (Phi) is 20.4. The number of hydrogen-bond donors (Lipinski definition) is 5. The van der Waals surface area contributed by atoms with Gasteiger partial charge in [-0.3, -0.25) is 40.7 Å². The standard InChI is InChI=1S/C50H92N6O9/c1-33-14-16-41(35(3)22-33)45-52-46(42-17-15-34(2)23-36(42)4)54-47(53-45)43-18-19-49(27-44(43)58)50(37(5)57,48(59)64-20-12-10-11-13-21-65-49)28-55(30-61-7)39-24-38(51-29-60-6)25-40(26-39)56(31-62-8)32-63-9/h33-36,38-47,51-54,58H,10-32H2,1-9H3. The van der Waals surface area contributed by atoms with Gasteiger partial charge in [-0.05, 0) is 119 Å². The van der Waals surface area contributed by atoms with Gasteiger partial charge in [-0.15, -0.1) is 0 Å². The largest absolute Gasteiger partial charge is 0.465 e. The summed E-state index contributed by atoms with van der Waals surface area (Å²) in [5.41, 5.74) is -3.04. The molecule has 2 heterocycles. The van der Waals surface area contributed by atoms with Crippen LogP contribution in [0.1, 0.15) is 137 Å². The molecular formula is C50H92N6O9. The first kappa shape index (κ1) is 53.0. The van der Waals surface area contributed by atoms with E-state index in [0.29, 0.717) is 63.3 Å². The third-order valence-corrected chi connectivity index (χ3v) is 17.2. The molecule has 6 fully saturated rings. The molecule has 6 rings (SSSR count). The summed E-state index contributed by atoms with van der Waals surface area (Å²) in [7, 11) is 6.73. The molecule has 4 aliphatic carbocycles. The monoisotopic (exact) mass is 921 g/mol. The average Bonchev–Trinajstić information content (AvgIpc) is 3.29. The molecule has 15 nitrogen and oxygen atoms in total. The van der Waals surface area contributed by atoms with E-state index in [9.17, 15) is 9.90 Å². The van der Waals surface area contributed by atoms with Crippen molar-refractivity contribution < 1.29 is 43.1 Å². The maximum Gasteiger partial charge on any atom is 0.323 e. The predicted molar refractivity (Wildman–Crippen MR) is 251 cm³/mol. The van der Waals surface area contributed by atoms with E-state index >= 15 is 4.79 Å². The molecule has 0 radical (unpaired) electrons. The van der Waals surface area contributed by atoms with E-state index in [1.54, 1.807) is 28.4 Å². The zero-order valence-electron chi connectivity index (χ0n) is 42.0. The number of carbonyl (C=O) groups excluding carboxylic acids is 2. The van der Waals surface area contributed by atoms with Crippen LogP contribution >= 0.6 is 0 Å². The highest BCUT2D eigenvalue weighted by molar-refractivity contribution is 6.04. The van der Waals surface area contributed by atoms with Gasteiger partial charge >= 0.3 is 5.97 Å². The van der Waals surface area contributed by atoms with Crippen LogP contribution in [0.5, 0.6) is 0 Å². The van der Waals surface area contributed by atoms with Gasteiger partial charge in [-0.2, -0.15) is 0 Å². The van der Waals surface area contributed by atoms with E-state index in [2.05, 4.69) is 58.8 Å². The molecule has 5 N–H and O–H groups in total. The summed E-state index contributed by atoms with van der Waals surface area (Å²) < 4.78 is 36.1. The summed E-state index contributed by atoms with van der Waals surface area (Å²) in [6, 6.07) is 0.0320. The molecule has 0 aromatic rings.